The van der Waals surface area contributed by atoms with Crippen LogP contribution in [0.5, 0.6) is 0 Å². The lowest BCUT2D eigenvalue weighted by atomic mass is 10.3. The summed E-state index contributed by atoms with van der Waals surface area (Å²) in [6, 6.07) is 0. The lowest BCUT2D eigenvalue weighted by Gasteiger charge is -2.32. The summed E-state index contributed by atoms with van der Waals surface area (Å²) in [5.74, 6) is 1.25. The van der Waals surface area contributed by atoms with Gasteiger partial charge in [0.25, 0.3) is 0 Å². The van der Waals surface area contributed by atoms with Gasteiger partial charge in [0.15, 0.2) is 0 Å². The third-order valence-corrected chi connectivity index (χ3v) is 3.47. The molecule has 8 nitrogen and oxygen atoms in total. The highest BCUT2D eigenvalue weighted by Gasteiger charge is 2.26. The van der Waals surface area contributed by atoms with E-state index in [0.717, 1.165) is 18.7 Å². The molecular weight excluding hydrogens is 272 g/mol. The molecule has 3 rings (SSSR count). The van der Waals surface area contributed by atoms with Gasteiger partial charge in [-0.25, -0.2) is 0 Å². The summed E-state index contributed by atoms with van der Waals surface area (Å²) in [7, 11) is 1.84. The molecule has 8 heteroatoms. The van der Waals surface area contributed by atoms with Crippen molar-refractivity contribution < 1.29 is 9.21 Å². The molecule has 0 N–H and O–H groups in total. The Morgan fingerprint density at radius 2 is 2.10 bits per heavy atom. The highest BCUT2D eigenvalue weighted by molar-refractivity contribution is 5.95. The van der Waals surface area contributed by atoms with Crippen molar-refractivity contribution in [2.45, 2.75) is 19.9 Å². The number of amides is 1. The van der Waals surface area contributed by atoms with E-state index in [9.17, 15) is 4.79 Å². The highest BCUT2D eigenvalue weighted by atomic mass is 16.4. The Balaban J connectivity index is 1.61. The van der Waals surface area contributed by atoms with Gasteiger partial charge >= 0.3 is 0 Å². The van der Waals surface area contributed by atoms with E-state index in [1.54, 1.807) is 15.8 Å². The molecule has 3 heterocycles. The quantitative estimate of drug-likeness (QED) is 0.801. The Morgan fingerprint density at radius 1 is 1.29 bits per heavy atom. The van der Waals surface area contributed by atoms with Crippen molar-refractivity contribution in [3.8, 4) is 0 Å². The van der Waals surface area contributed by atoms with Crippen molar-refractivity contribution >= 4 is 11.6 Å². The first-order valence-corrected chi connectivity index (χ1v) is 6.98. The van der Waals surface area contributed by atoms with Crippen LogP contribution in [-0.4, -0.2) is 50.4 Å². The van der Waals surface area contributed by atoms with Crippen LogP contribution in [-0.2, 0) is 24.8 Å². The van der Waals surface area contributed by atoms with Gasteiger partial charge in [0, 0.05) is 32.8 Å². The summed E-state index contributed by atoms with van der Waals surface area (Å²) in [6.45, 7) is 4.23. The molecule has 1 saturated heterocycles. The van der Waals surface area contributed by atoms with Crippen molar-refractivity contribution in [3.05, 3.63) is 24.2 Å². The lowest BCUT2D eigenvalue weighted by molar-refractivity contribution is -0.121. The molecule has 2 aromatic heterocycles. The Kier molecular flexibility index (Phi) is 3.70. The zero-order chi connectivity index (χ0) is 14.8. The molecule has 0 spiro atoms. The van der Waals surface area contributed by atoms with Crippen LogP contribution in [0.4, 0.5) is 5.69 Å². The third kappa shape index (κ3) is 2.94. The molecule has 0 aromatic carbocycles. The van der Waals surface area contributed by atoms with Gasteiger partial charge in [0.1, 0.15) is 0 Å². The van der Waals surface area contributed by atoms with Gasteiger partial charge in [0.2, 0.25) is 17.7 Å². The van der Waals surface area contributed by atoms with Crippen molar-refractivity contribution in [2.75, 3.05) is 24.5 Å². The second-order valence-electron chi connectivity index (χ2n) is 5.07. The zero-order valence-electron chi connectivity index (χ0n) is 12.2. The summed E-state index contributed by atoms with van der Waals surface area (Å²) in [5.41, 5.74) is 0.841. The lowest BCUT2D eigenvalue weighted by Crippen LogP contribution is -2.50. The van der Waals surface area contributed by atoms with E-state index >= 15 is 0 Å². The fraction of sp³-hybridized carbons (Fsp3) is 0.538. The number of aromatic nitrogens is 4. The molecule has 1 amide bonds. The second kappa shape index (κ2) is 5.65. The average Bonchev–Trinajstić information content (AvgIpc) is 3.08. The predicted molar refractivity (Wildman–Crippen MR) is 74.5 cm³/mol. The van der Waals surface area contributed by atoms with Crippen LogP contribution in [0.3, 0.4) is 0 Å². The topological polar surface area (TPSA) is 80.3 Å². The normalized spacial score (nSPS) is 16.7. The molecule has 112 valence electrons. The molecule has 2 aromatic rings. The Bertz CT molecular complexity index is 634. The van der Waals surface area contributed by atoms with Crippen LogP contribution < -0.4 is 4.90 Å². The number of hydrogen-bond donors (Lipinski definition) is 0. The van der Waals surface area contributed by atoms with Gasteiger partial charge < -0.3 is 9.32 Å². The van der Waals surface area contributed by atoms with Crippen LogP contribution in [0.2, 0.25) is 0 Å². The summed E-state index contributed by atoms with van der Waals surface area (Å²) >= 11 is 0. The Hall–Kier alpha value is -2.22. The summed E-state index contributed by atoms with van der Waals surface area (Å²) in [5, 5.41) is 12.0. The van der Waals surface area contributed by atoms with Gasteiger partial charge in [-0.05, 0) is 0 Å². The molecule has 21 heavy (non-hydrogen) atoms. The van der Waals surface area contributed by atoms with E-state index in [4.69, 9.17) is 4.42 Å². The average molecular weight is 290 g/mol. The van der Waals surface area contributed by atoms with E-state index in [0.29, 0.717) is 31.4 Å². The molecular formula is C13H18N6O2. The van der Waals surface area contributed by atoms with E-state index < -0.39 is 0 Å². The summed E-state index contributed by atoms with van der Waals surface area (Å²) in [4.78, 5) is 16.0. The number of carbonyl (C=O) groups excluding carboxylic acids is 1. The zero-order valence-corrected chi connectivity index (χ0v) is 12.2. The van der Waals surface area contributed by atoms with Gasteiger partial charge in [-0.15, -0.1) is 10.2 Å². The standard InChI is InChI=1S/C13H18N6O2/c1-3-11-15-16-12(21-11)8-18-4-5-19(13(20)9-18)10-6-14-17(2)7-10/h6-7H,3-5,8-9H2,1-2H3. The molecule has 0 atom stereocenters. The smallest absolute Gasteiger partial charge is 0.241 e. The van der Waals surface area contributed by atoms with Gasteiger partial charge in [-0.1, -0.05) is 6.92 Å². The molecule has 1 aliphatic rings. The number of piperazine rings is 1. The van der Waals surface area contributed by atoms with Crippen LogP contribution in [0.1, 0.15) is 18.7 Å². The fourth-order valence-electron chi connectivity index (χ4n) is 2.36. The van der Waals surface area contributed by atoms with Crippen molar-refractivity contribution in [1.29, 1.82) is 0 Å². The van der Waals surface area contributed by atoms with Gasteiger partial charge in [-0.2, -0.15) is 5.10 Å². The van der Waals surface area contributed by atoms with Crippen molar-refractivity contribution in [2.24, 2.45) is 7.05 Å². The van der Waals surface area contributed by atoms with E-state index in [-0.39, 0.29) is 5.91 Å². The second-order valence-corrected chi connectivity index (χ2v) is 5.07. The number of rotatable bonds is 4. The first-order valence-electron chi connectivity index (χ1n) is 6.98. The largest absolute Gasteiger partial charge is 0.424 e. The number of aryl methyl sites for hydroxylation is 2. The Morgan fingerprint density at radius 3 is 2.71 bits per heavy atom. The highest BCUT2D eigenvalue weighted by Crippen LogP contribution is 2.17. The van der Waals surface area contributed by atoms with E-state index in [2.05, 4.69) is 15.3 Å². The number of carbonyl (C=O) groups is 1. The molecule has 0 saturated carbocycles. The van der Waals surface area contributed by atoms with E-state index in [1.165, 1.54) is 0 Å². The minimum Gasteiger partial charge on any atom is -0.424 e. The van der Waals surface area contributed by atoms with Crippen LogP contribution in [0, 0.1) is 0 Å². The van der Waals surface area contributed by atoms with Crippen LogP contribution >= 0.6 is 0 Å². The van der Waals surface area contributed by atoms with E-state index in [1.807, 2.05) is 25.1 Å². The summed E-state index contributed by atoms with van der Waals surface area (Å²) in [6.07, 6.45) is 4.28. The predicted octanol–water partition coefficient (Wildman–Crippen LogP) is 0.214. The molecule has 1 aliphatic heterocycles. The molecule has 0 bridgehead atoms. The summed E-state index contributed by atoms with van der Waals surface area (Å²) < 4.78 is 7.18. The number of anilines is 1. The Labute approximate surface area is 122 Å². The SMILES string of the molecule is CCc1nnc(CN2CCN(c3cnn(C)c3)C(=O)C2)o1. The number of nitrogens with zero attached hydrogens (tertiary/aromatic N) is 6. The molecule has 1 fully saturated rings. The van der Waals surface area contributed by atoms with Crippen molar-refractivity contribution in [1.82, 2.24) is 24.9 Å². The first-order chi connectivity index (χ1) is 10.2. The van der Waals surface area contributed by atoms with Crippen LogP contribution in [0.15, 0.2) is 16.8 Å². The number of hydrogen-bond acceptors (Lipinski definition) is 6. The van der Waals surface area contributed by atoms with Gasteiger partial charge in [0.05, 0.1) is 25.0 Å². The molecule has 0 unspecified atom stereocenters. The van der Waals surface area contributed by atoms with Crippen LogP contribution in [0.25, 0.3) is 0 Å². The minimum atomic E-state index is 0.0597. The maximum Gasteiger partial charge on any atom is 0.241 e. The first kappa shape index (κ1) is 13.7. The van der Waals surface area contributed by atoms with Crippen molar-refractivity contribution in [3.63, 3.8) is 0 Å². The maximum atomic E-state index is 12.2. The van der Waals surface area contributed by atoms with Gasteiger partial charge in [-0.3, -0.25) is 14.4 Å². The monoisotopic (exact) mass is 290 g/mol. The maximum absolute atomic E-state index is 12.2. The fourth-order valence-corrected chi connectivity index (χ4v) is 2.36. The minimum absolute atomic E-state index is 0.0597. The molecule has 0 aliphatic carbocycles. The third-order valence-electron chi connectivity index (χ3n) is 3.47. The molecule has 0 radical (unpaired) electrons.